The standard InChI is InChI=1S/C30H35F3N2O4/c1-39-23-10-11-27-25(18-23)24(13-15-34-27)28(36)12-7-21-14-17-35(19-26(21)29(37)38)16-3-2-4-20-5-8-22(9-6-20)30(31,32)33/h5-6,8-11,13,15,18,21,26,28,36H,2-4,7,12,14,16-17,19H2,1H3,(H,37,38)/t21-,26+,28-/m1/s1. The van der Waals surface area contributed by atoms with Crippen molar-refractivity contribution in [3.63, 3.8) is 0 Å². The number of aliphatic hydroxyl groups is 1. The Kier molecular flexibility index (Phi) is 9.45. The number of aromatic nitrogens is 1. The average molecular weight is 545 g/mol. The minimum Gasteiger partial charge on any atom is -0.497 e. The first-order valence-corrected chi connectivity index (χ1v) is 13.4. The van der Waals surface area contributed by atoms with Crippen LogP contribution >= 0.6 is 0 Å². The van der Waals surface area contributed by atoms with Crippen molar-refractivity contribution in [2.75, 3.05) is 26.7 Å². The lowest BCUT2D eigenvalue weighted by molar-refractivity contribution is -0.146. The molecule has 1 fully saturated rings. The number of ether oxygens (including phenoxy) is 1. The van der Waals surface area contributed by atoms with E-state index in [1.165, 1.54) is 12.1 Å². The number of hydrogen-bond acceptors (Lipinski definition) is 5. The number of piperidine rings is 1. The van der Waals surface area contributed by atoms with Gasteiger partial charge in [0, 0.05) is 18.1 Å². The highest BCUT2D eigenvalue weighted by molar-refractivity contribution is 5.83. The molecular weight excluding hydrogens is 509 g/mol. The Morgan fingerprint density at radius 3 is 2.62 bits per heavy atom. The molecule has 1 saturated heterocycles. The van der Waals surface area contributed by atoms with E-state index in [2.05, 4.69) is 9.88 Å². The summed E-state index contributed by atoms with van der Waals surface area (Å²) < 4.78 is 43.5. The molecule has 1 aromatic heterocycles. The van der Waals surface area contributed by atoms with Crippen LogP contribution in [0, 0.1) is 11.8 Å². The van der Waals surface area contributed by atoms with Crippen LogP contribution in [0.3, 0.4) is 0 Å². The van der Waals surface area contributed by atoms with Gasteiger partial charge in [-0.05, 0) is 105 Å². The lowest BCUT2D eigenvalue weighted by atomic mass is 9.81. The van der Waals surface area contributed by atoms with E-state index < -0.39 is 29.7 Å². The molecular formula is C30H35F3N2O4. The Balaban J connectivity index is 1.26. The molecule has 0 bridgehead atoms. The molecule has 3 atom stereocenters. The van der Waals surface area contributed by atoms with Gasteiger partial charge >= 0.3 is 12.1 Å². The van der Waals surface area contributed by atoms with Gasteiger partial charge in [-0.15, -0.1) is 0 Å². The number of aliphatic carboxylic acids is 1. The number of carbonyl (C=O) groups is 1. The number of likely N-dealkylation sites (tertiary alicyclic amines) is 1. The number of halogens is 3. The minimum absolute atomic E-state index is 0.0248. The van der Waals surface area contributed by atoms with Gasteiger partial charge in [0.15, 0.2) is 0 Å². The normalized spacial score (nSPS) is 19.2. The predicted molar refractivity (Wildman–Crippen MR) is 143 cm³/mol. The molecule has 0 amide bonds. The molecule has 0 spiro atoms. The minimum atomic E-state index is -4.33. The number of nitrogens with zero attached hydrogens (tertiary/aromatic N) is 2. The number of fused-ring (bicyclic) bond motifs is 1. The van der Waals surface area contributed by atoms with Crippen molar-refractivity contribution in [1.29, 1.82) is 0 Å². The molecule has 2 N–H and O–H groups in total. The van der Waals surface area contributed by atoms with Gasteiger partial charge in [0.25, 0.3) is 0 Å². The Labute approximate surface area is 226 Å². The summed E-state index contributed by atoms with van der Waals surface area (Å²) >= 11 is 0. The summed E-state index contributed by atoms with van der Waals surface area (Å²) in [7, 11) is 1.59. The van der Waals surface area contributed by atoms with Crippen molar-refractivity contribution < 1.29 is 32.9 Å². The Hall–Kier alpha value is -3.17. The molecule has 210 valence electrons. The fourth-order valence-electron chi connectivity index (χ4n) is 5.51. The van der Waals surface area contributed by atoms with Gasteiger partial charge in [-0.1, -0.05) is 12.1 Å². The number of pyridine rings is 1. The van der Waals surface area contributed by atoms with Crippen LogP contribution in [-0.2, 0) is 17.4 Å². The first kappa shape index (κ1) is 28.8. The molecule has 2 aromatic carbocycles. The van der Waals surface area contributed by atoms with E-state index in [1.807, 2.05) is 18.2 Å². The van der Waals surface area contributed by atoms with Gasteiger partial charge in [-0.25, -0.2) is 0 Å². The molecule has 0 unspecified atom stereocenters. The number of aryl methyl sites for hydroxylation is 1. The fraction of sp³-hybridized carbons (Fsp3) is 0.467. The average Bonchev–Trinajstić information content (AvgIpc) is 2.93. The van der Waals surface area contributed by atoms with Gasteiger partial charge < -0.3 is 19.8 Å². The molecule has 9 heteroatoms. The van der Waals surface area contributed by atoms with E-state index in [0.29, 0.717) is 31.6 Å². The van der Waals surface area contributed by atoms with E-state index in [4.69, 9.17) is 4.74 Å². The second-order valence-corrected chi connectivity index (χ2v) is 10.3. The molecule has 0 saturated carbocycles. The second kappa shape index (κ2) is 12.8. The summed E-state index contributed by atoms with van der Waals surface area (Å²) in [6, 6.07) is 12.6. The van der Waals surface area contributed by atoms with E-state index in [9.17, 15) is 28.2 Å². The summed E-state index contributed by atoms with van der Waals surface area (Å²) in [4.78, 5) is 18.6. The number of hydrogen-bond donors (Lipinski definition) is 2. The number of unbranched alkanes of at least 4 members (excludes halogenated alkanes) is 1. The maximum Gasteiger partial charge on any atom is 0.416 e. The molecule has 1 aliphatic heterocycles. The van der Waals surface area contributed by atoms with E-state index in [0.717, 1.165) is 66.5 Å². The first-order valence-electron chi connectivity index (χ1n) is 13.4. The summed E-state index contributed by atoms with van der Waals surface area (Å²) in [5.74, 6) is -0.664. The first-order chi connectivity index (χ1) is 18.7. The summed E-state index contributed by atoms with van der Waals surface area (Å²) in [6.45, 7) is 2.01. The predicted octanol–water partition coefficient (Wildman–Crippen LogP) is 6.12. The number of benzene rings is 2. The SMILES string of the molecule is COc1ccc2nccc([C@H](O)CC[C@@H]3CCN(CCCCc4ccc(C(F)(F)F)cc4)C[C@@H]3C(=O)O)c2c1. The largest absolute Gasteiger partial charge is 0.497 e. The molecule has 39 heavy (non-hydrogen) atoms. The molecule has 3 aromatic rings. The number of rotatable bonds is 11. The van der Waals surface area contributed by atoms with Crippen LogP contribution in [0.2, 0.25) is 0 Å². The van der Waals surface area contributed by atoms with Crippen LogP contribution < -0.4 is 4.74 Å². The summed E-state index contributed by atoms with van der Waals surface area (Å²) in [5, 5.41) is 21.7. The summed E-state index contributed by atoms with van der Waals surface area (Å²) in [6.07, 6.45) is 0.757. The third-order valence-electron chi connectivity index (χ3n) is 7.78. The topological polar surface area (TPSA) is 82.9 Å². The third kappa shape index (κ3) is 7.48. The maximum atomic E-state index is 12.7. The lowest BCUT2D eigenvalue weighted by Crippen LogP contribution is -2.44. The van der Waals surface area contributed by atoms with E-state index in [-0.39, 0.29) is 5.92 Å². The number of alkyl halides is 3. The number of methoxy groups -OCH3 is 1. The molecule has 0 radical (unpaired) electrons. The number of carboxylic acids is 1. The van der Waals surface area contributed by atoms with Crippen LogP contribution in [-0.4, -0.2) is 52.8 Å². The molecule has 0 aliphatic carbocycles. The van der Waals surface area contributed by atoms with Crippen LogP contribution in [0.15, 0.2) is 54.7 Å². The van der Waals surface area contributed by atoms with Crippen molar-refractivity contribution in [2.45, 2.75) is 50.8 Å². The van der Waals surface area contributed by atoms with Crippen LogP contribution in [0.4, 0.5) is 13.2 Å². The van der Waals surface area contributed by atoms with Gasteiger partial charge in [-0.2, -0.15) is 13.2 Å². The van der Waals surface area contributed by atoms with Crippen molar-refractivity contribution >= 4 is 16.9 Å². The molecule has 2 heterocycles. The van der Waals surface area contributed by atoms with Crippen LogP contribution in [0.5, 0.6) is 5.75 Å². The molecule has 4 rings (SSSR count). The van der Waals surface area contributed by atoms with E-state index in [1.54, 1.807) is 19.4 Å². The van der Waals surface area contributed by atoms with Crippen molar-refractivity contribution in [1.82, 2.24) is 9.88 Å². The number of aliphatic hydroxyl groups excluding tert-OH is 1. The maximum absolute atomic E-state index is 12.7. The zero-order chi connectivity index (χ0) is 28.0. The van der Waals surface area contributed by atoms with Crippen molar-refractivity contribution in [3.8, 4) is 5.75 Å². The Morgan fingerprint density at radius 2 is 1.92 bits per heavy atom. The van der Waals surface area contributed by atoms with Crippen molar-refractivity contribution in [2.24, 2.45) is 11.8 Å². The van der Waals surface area contributed by atoms with E-state index >= 15 is 0 Å². The molecule has 6 nitrogen and oxygen atoms in total. The Morgan fingerprint density at radius 1 is 1.15 bits per heavy atom. The zero-order valence-corrected chi connectivity index (χ0v) is 22.0. The monoisotopic (exact) mass is 544 g/mol. The van der Waals surface area contributed by atoms with Crippen LogP contribution in [0.25, 0.3) is 10.9 Å². The van der Waals surface area contributed by atoms with Crippen molar-refractivity contribution in [3.05, 3.63) is 71.4 Å². The second-order valence-electron chi connectivity index (χ2n) is 10.3. The zero-order valence-electron chi connectivity index (χ0n) is 22.0. The van der Waals surface area contributed by atoms with Crippen LogP contribution in [0.1, 0.15) is 54.9 Å². The molecule has 1 aliphatic rings. The quantitative estimate of drug-likeness (QED) is 0.283. The van der Waals surface area contributed by atoms with Gasteiger partial charge in [0.05, 0.1) is 30.2 Å². The summed E-state index contributed by atoms with van der Waals surface area (Å²) in [5.41, 5.74) is 1.75. The van der Waals surface area contributed by atoms with Gasteiger partial charge in [0.2, 0.25) is 0 Å². The third-order valence-corrected chi connectivity index (χ3v) is 7.78. The van der Waals surface area contributed by atoms with Gasteiger partial charge in [0.1, 0.15) is 5.75 Å². The van der Waals surface area contributed by atoms with Gasteiger partial charge in [-0.3, -0.25) is 9.78 Å². The highest BCUT2D eigenvalue weighted by atomic mass is 19.4. The Bertz CT molecular complexity index is 1250. The highest BCUT2D eigenvalue weighted by Crippen LogP contribution is 2.34. The number of carboxylic acid groups (broad SMARTS) is 1. The lowest BCUT2D eigenvalue weighted by Gasteiger charge is -2.37. The fourth-order valence-corrected chi connectivity index (χ4v) is 5.51. The smallest absolute Gasteiger partial charge is 0.416 e. The highest BCUT2D eigenvalue weighted by Gasteiger charge is 2.34.